The highest BCUT2D eigenvalue weighted by molar-refractivity contribution is 7.98. The molecule has 1 nitrogen and oxygen atoms in total. The second kappa shape index (κ2) is 6.47. The van der Waals surface area contributed by atoms with Crippen LogP contribution >= 0.6 is 11.8 Å². The Labute approximate surface area is 126 Å². The molecule has 0 heterocycles. The van der Waals surface area contributed by atoms with Crippen LogP contribution in [0.15, 0.2) is 41.3 Å². The van der Waals surface area contributed by atoms with Crippen LogP contribution in [0.3, 0.4) is 0 Å². The van der Waals surface area contributed by atoms with E-state index in [4.69, 9.17) is 5.73 Å². The molecule has 0 fully saturated rings. The van der Waals surface area contributed by atoms with Crippen LogP contribution in [0, 0.1) is 20.8 Å². The first kappa shape index (κ1) is 15.1. The molecule has 2 heteroatoms. The molecule has 2 aromatic rings. The molecule has 0 saturated heterocycles. The Bertz CT molecular complexity index is 564. The van der Waals surface area contributed by atoms with Crippen LogP contribution in [-0.4, -0.2) is 6.26 Å². The number of nitrogens with two attached hydrogens (primary N) is 1. The third-order valence-electron chi connectivity index (χ3n) is 3.81. The topological polar surface area (TPSA) is 26.0 Å². The fraction of sp³-hybridized carbons (Fsp3) is 0.333. The van der Waals surface area contributed by atoms with Gasteiger partial charge in [0.25, 0.3) is 0 Å². The molecule has 0 aromatic heterocycles. The van der Waals surface area contributed by atoms with Crippen molar-refractivity contribution < 1.29 is 0 Å². The highest BCUT2D eigenvalue weighted by Crippen LogP contribution is 2.24. The van der Waals surface area contributed by atoms with E-state index in [1.165, 1.54) is 32.7 Å². The van der Waals surface area contributed by atoms with Crippen molar-refractivity contribution in [1.29, 1.82) is 0 Å². The predicted molar refractivity (Wildman–Crippen MR) is 89.5 cm³/mol. The molecule has 0 saturated carbocycles. The van der Waals surface area contributed by atoms with Gasteiger partial charge in [-0.2, -0.15) is 0 Å². The van der Waals surface area contributed by atoms with Gasteiger partial charge < -0.3 is 5.73 Å². The van der Waals surface area contributed by atoms with Gasteiger partial charge in [0.2, 0.25) is 0 Å². The summed E-state index contributed by atoms with van der Waals surface area (Å²) in [4.78, 5) is 1.28. The average Bonchev–Trinajstić information content (AvgIpc) is 2.42. The first-order valence-corrected chi connectivity index (χ1v) is 8.20. The molecule has 0 amide bonds. The monoisotopic (exact) mass is 285 g/mol. The Morgan fingerprint density at radius 2 is 1.55 bits per heavy atom. The van der Waals surface area contributed by atoms with E-state index in [0.29, 0.717) is 0 Å². The van der Waals surface area contributed by atoms with E-state index in [0.717, 1.165) is 6.42 Å². The van der Waals surface area contributed by atoms with Gasteiger partial charge in [0, 0.05) is 10.9 Å². The summed E-state index contributed by atoms with van der Waals surface area (Å²) in [6, 6.07) is 13.1. The minimum absolute atomic E-state index is 0.0611. The number of hydrogen-bond acceptors (Lipinski definition) is 2. The standard InChI is InChI=1S/C18H23NS/c1-12-9-13(2)17(14(3)10-12)11-18(19)15-5-7-16(20-4)8-6-15/h5-10,18H,11,19H2,1-4H3. The minimum Gasteiger partial charge on any atom is -0.324 e. The van der Waals surface area contributed by atoms with E-state index in [9.17, 15) is 0 Å². The second-order valence-corrected chi connectivity index (χ2v) is 6.34. The fourth-order valence-electron chi connectivity index (χ4n) is 2.72. The molecular formula is C18H23NS. The zero-order valence-electron chi connectivity index (χ0n) is 12.7. The minimum atomic E-state index is 0.0611. The Morgan fingerprint density at radius 1 is 1.00 bits per heavy atom. The lowest BCUT2D eigenvalue weighted by Gasteiger charge is -2.17. The summed E-state index contributed by atoms with van der Waals surface area (Å²) in [6.07, 6.45) is 2.99. The van der Waals surface area contributed by atoms with Crippen molar-refractivity contribution in [2.45, 2.75) is 38.1 Å². The lowest BCUT2D eigenvalue weighted by Crippen LogP contribution is -2.14. The maximum atomic E-state index is 6.39. The maximum absolute atomic E-state index is 6.39. The molecule has 2 aromatic carbocycles. The van der Waals surface area contributed by atoms with Crippen molar-refractivity contribution in [2.75, 3.05) is 6.26 Å². The zero-order chi connectivity index (χ0) is 14.7. The average molecular weight is 285 g/mol. The van der Waals surface area contributed by atoms with Gasteiger partial charge >= 0.3 is 0 Å². The second-order valence-electron chi connectivity index (χ2n) is 5.46. The Hall–Kier alpha value is -1.25. The van der Waals surface area contributed by atoms with Crippen molar-refractivity contribution in [2.24, 2.45) is 5.73 Å². The lowest BCUT2D eigenvalue weighted by atomic mass is 9.92. The van der Waals surface area contributed by atoms with Gasteiger partial charge in [-0.05, 0) is 67.8 Å². The summed E-state index contributed by atoms with van der Waals surface area (Å²) < 4.78 is 0. The Morgan fingerprint density at radius 3 is 2.05 bits per heavy atom. The van der Waals surface area contributed by atoms with Crippen LogP contribution in [-0.2, 0) is 6.42 Å². The fourth-order valence-corrected chi connectivity index (χ4v) is 3.13. The van der Waals surface area contributed by atoms with E-state index in [-0.39, 0.29) is 6.04 Å². The van der Waals surface area contributed by atoms with Gasteiger partial charge in [-0.1, -0.05) is 29.8 Å². The number of aryl methyl sites for hydroxylation is 3. The maximum Gasteiger partial charge on any atom is 0.0335 e. The summed E-state index contributed by atoms with van der Waals surface area (Å²) >= 11 is 1.76. The SMILES string of the molecule is CSc1ccc(C(N)Cc2c(C)cc(C)cc2C)cc1. The Balaban J connectivity index is 2.20. The van der Waals surface area contributed by atoms with Crippen molar-refractivity contribution in [1.82, 2.24) is 0 Å². The van der Waals surface area contributed by atoms with Gasteiger partial charge in [0.05, 0.1) is 0 Å². The van der Waals surface area contributed by atoms with Crippen LogP contribution in [0.1, 0.15) is 33.9 Å². The summed E-state index contributed by atoms with van der Waals surface area (Å²) in [6.45, 7) is 6.50. The number of thioether (sulfide) groups is 1. The molecule has 20 heavy (non-hydrogen) atoms. The van der Waals surface area contributed by atoms with Crippen LogP contribution in [0.5, 0.6) is 0 Å². The molecule has 2 rings (SSSR count). The van der Waals surface area contributed by atoms with Crippen LogP contribution < -0.4 is 5.73 Å². The number of rotatable bonds is 4. The summed E-state index contributed by atoms with van der Waals surface area (Å²) in [5, 5.41) is 0. The third-order valence-corrected chi connectivity index (χ3v) is 4.55. The van der Waals surface area contributed by atoms with Crippen molar-refractivity contribution in [3.63, 3.8) is 0 Å². The van der Waals surface area contributed by atoms with Crippen LogP contribution in [0.4, 0.5) is 0 Å². The number of hydrogen-bond donors (Lipinski definition) is 1. The van der Waals surface area contributed by atoms with E-state index in [1.807, 2.05) is 0 Å². The normalized spacial score (nSPS) is 12.4. The molecule has 0 bridgehead atoms. The van der Waals surface area contributed by atoms with Crippen molar-refractivity contribution in [3.05, 3.63) is 64.2 Å². The predicted octanol–water partition coefficient (Wildman–Crippen LogP) is 4.58. The summed E-state index contributed by atoms with van der Waals surface area (Å²) in [5.41, 5.74) is 13.0. The highest BCUT2D eigenvalue weighted by Gasteiger charge is 2.11. The van der Waals surface area contributed by atoms with E-state index >= 15 is 0 Å². The van der Waals surface area contributed by atoms with Gasteiger partial charge in [-0.15, -0.1) is 11.8 Å². The largest absolute Gasteiger partial charge is 0.324 e. The smallest absolute Gasteiger partial charge is 0.0335 e. The number of benzene rings is 2. The summed E-state index contributed by atoms with van der Waals surface area (Å²) in [5.74, 6) is 0. The molecule has 1 unspecified atom stereocenters. The molecule has 0 radical (unpaired) electrons. The highest BCUT2D eigenvalue weighted by atomic mass is 32.2. The molecule has 0 spiro atoms. The third kappa shape index (κ3) is 3.44. The quantitative estimate of drug-likeness (QED) is 0.832. The van der Waals surface area contributed by atoms with Crippen LogP contribution in [0.25, 0.3) is 0 Å². The van der Waals surface area contributed by atoms with Gasteiger partial charge in [-0.25, -0.2) is 0 Å². The molecular weight excluding hydrogens is 262 g/mol. The first-order valence-electron chi connectivity index (χ1n) is 6.97. The van der Waals surface area contributed by atoms with Crippen molar-refractivity contribution >= 4 is 11.8 Å². The van der Waals surface area contributed by atoms with Crippen LogP contribution in [0.2, 0.25) is 0 Å². The molecule has 0 aliphatic carbocycles. The van der Waals surface area contributed by atoms with Gasteiger partial charge in [-0.3, -0.25) is 0 Å². The van der Waals surface area contributed by atoms with Crippen molar-refractivity contribution in [3.8, 4) is 0 Å². The first-order chi connectivity index (χ1) is 9.51. The Kier molecular flexibility index (Phi) is 4.90. The van der Waals surface area contributed by atoms with E-state index in [1.54, 1.807) is 11.8 Å². The molecule has 0 aliphatic rings. The molecule has 1 atom stereocenters. The zero-order valence-corrected chi connectivity index (χ0v) is 13.6. The van der Waals surface area contributed by atoms with Gasteiger partial charge in [0.15, 0.2) is 0 Å². The molecule has 106 valence electrons. The van der Waals surface area contributed by atoms with E-state index in [2.05, 4.69) is 63.4 Å². The summed E-state index contributed by atoms with van der Waals surface area (Å²) in [7, 11) is 0. The van der Waals surface area contributed by atoms with Gasteiger partial charge in [0.1, 0.15) is 0 Å². The van der Waals surface area contributed by atoms with E-state index < -0.39 is 0 Å². The lowest BCUT2D eigenvalue weighted by molar-refractivity contribution is 0.714. The molecule has 2 N–H and O–H groups in total. The molecule has 0 aliphatic heterocycles.